The van der Waals surface area contributed by atoms with Gasteiger partial charge in [-0.3, -0.25) is 4.79 Å². The lowest BCUT2D eigenvalue weighted by molar-refractivity contribution is 0.0362. The van der Waals surface area contributed by atoms with E-state index in [0.717, 1.165) is 4.47 Å². The summed E-state index contributed by atoms with van der Waals surface area (Å²) in [6.45, 7) is 1.40. The molecule has 1 amide bonds. The number of benzene rings is 1. The quantitative estimate of drug-likeness (QED) is 0.909. The van der Waals surface area contributed by atoms with Crippen LogP contribution in [0, 0.1) is 5.92 Å². The van der Waals surface area contributed by atoms with Gasteiger partial charge in [0.25, 0.3) is 5.91 Å². The highest BCUT2D eigenvalue weighted by Gasteiger charge is 2.30. The Balaban J connectivity index is 2.07. The van der Waals surface area contributed by atoms with Crippen LogP contribution in [0.1, 0.15) is 10.4 Å². The van der Waals surface area contributed by atoms with Gasteiger partial charge in [-0.15, -0.1) is 0 Å². The van der Waals surface area contributed by atoms with E-state index in [4.69, 9.17) is 16.7 Å². The highest BCUT2D eigenvalue weighted by atomic mass is 79.9. The van der Waals surface area contributed by atoms with Crippen molar-refractivity contribution in [1.82, 2.24) is 4.90 Å². The molecule has 0 aliphatic carbocycles. The summed E-state index contributed by atoms with van der Waals surface area (Å²) in [4.78, 5) is 13.6. The molecule has 0 atom stereocenters. The minimum atomic E-state index is -0.0286. The zero-order chi connectivity index (χ0) is 11.7. The van der Waals surface area contributed by atoms with Crippen LogP contribution in [-0.2, 0) is 0 Å². The van der Waals surface area contributed by atoms with E-state index in [2.05, 4.69) is 15.9 Å². The first-order chi connectivity index (χ1) is 7.61. The molecule has 1 heterocycles. The third kappa shape index (κ3) is 2.24. The molecule has 2 rings (SSSR count). The Morgan fingerprint density at radius 2 is 2.25 bits per heavy atom. The number of nitrogens with zero attached hydrogens (tertiary/aromatic N) is 1. The summed E-state index contributed by atoms with van der Waals surface area (Å²) < 4.78 is 0.780. The molecule has 0 radical (unpaired) electrons. The van der Waals surface area contributed by atoms with Gasteiger partial charge in [0, 0.05) is 35.7 Å². The lowest BCUT2D eigenvalue weighted by atomic mass is 10.00. The van der Waals surface area contributed by atoms with Gasteiger partial charge in [0.2, 0.25) is 0 Å². The van der Waals surface area contributed by atoms with Gasteiger partial charge in [-0.05, 0) is 34.1 Å². The molecule has 16 heavy (non-hydrogen) atoms. The summed E-state index contributed by atoms with van der Waals surface area (Å²) in [6.07, 6.45) is 0. The summed E-state index contributed by atoms with van der Waals surface area (Å²) in [6, 6.07) is 5.16. The van der Waals surface area contributed by atoms with E-state index in [9.17, 15) is 4.79 Å². The molecule has 1 fully saturated rings. The number of carbonyl (C=O) groups excluding carboxylic acids is 1. The van der Waals surface area contributed by atoms with Crippen molar-refractivity contribution in [2.24, 2.45) is 5.92 Å². The van der Waals surface area contributed by atoms with E-state index >= 15 is 0 Å². The minimum absolute atomic E-state index is 0.0286. The van der Waals surface area contributed by atoms with Gasteiger partial charge in [0.05, 0.1) is 5.02 Å². The number of amides is 1. The van der Waals surface area contributed by atoms with Crippen molar-refractivity contribution in [3.63, 3.8) is 0 Å². The molecule has 0 bridgehead atoms. The lowest BCUT2D eigenvalue weighted by Gasteiger charge is -2.38. The van der Waals surface area contributed by atoms with E-state index in [1.807, 2.05) is 0 Å². The zero-order valence-corrected chi connectivity index (χ0v) is 10.8. The van der Waals surface area contributed by atoms with Crippen LogP contribution in [0.2, 0.25) is 5.02 Å². The molecule has 5 heteroatoms. The number of halogens is 2. The normalized spacial score (nSPS) is 16.1. The molecule has 0 aromatic heterocycles. The third-order valence-corrected chi connectivity index (χ3v) is 3.90. The van der Waals surface area contributed by atoms with E-state index in [1.54, 1.807) is 23.1 Å². The number of rotatable bonds is 2. The van der Waals surface area contributed by atoms with Crippen molar-refractivity contribution in [2.45, 2.75) is 0 Å². The summed E-state index contributed by atoms with van der Waals surface area (Å²) in [5.74, 6) is 0.203. The third-order valence-electron chi connectivity index (χ3n) is 2.67. The van der Waals surface area contributed by atoms with E-state index in [-0.39, 0.29) is 18.4 Å². The Morgan fingerprint density at radius 3 is 2.81 bits per heavy atom. The van der Waals surface area contributed by atoms with Crippen LogP contribution in [0.25, 0.3) is 0 Å². The van der Waals surface area contributed by atoms with Crippen molar-refractivity contribution < 1.29 is 9.90 Å². The first kappa shape index (κ1) is 11.9. The standard InChI is InChI=1S/C11H11BrClNO2/c12-9-2-1-8(3-10(9)13)11(16)14-4-7(5-14)6-15/h1-3,7,15H,4-6H2. The molecule has 1 aromatic rings. The Kier molecular flexibility index (Phi) is 3.52. The predicted molar refractivity (Wildman–Crippen MR) is 65.6 cm³/mol. The second-order valence-corrected chi connectivity index (χ2v) is 5.15. The maximum atomic E-state index is 11.9. The summed E-state index contributed by atoms with van der Waals surface area (Å²) in [5, 5.41) is 9.40. The van der Waals surface area contributed by atoms with Gasteiger partial charge in [0.1, 0.15) is 0 Å². The number of aliphatic hydroxyl groups excluding tert-OH is 1. The van der Waals surface area contributed by atoms with Gasteiger partial charge in [-0.1, -0.05) is 11.6 Å². The first-order valence-electron chi connectivity index (χ1n) is 4.97. The number of carbonyl (C=O) groups is 1. The maximum absolute atomic E-state index is 11.9. The molecule has 0 saturated carbocycles. The molecule has 1 N–H and O–H groups in total. The minimum Gasteiger partial charge on any atom is -0.396 e. The van der Waals surface area contributed by atoms with E-state index in [1.165, 1.54) is 0 Å². The molecule has 1 aliphatic heterocycles. The van der Waals surface area contributed by atoms with Gasteiger partial charge < -0.3 is 10.0 Å². The van der Waals surface area contributed by atoms with Gasteiger partial charge >= 0.3 is 0 Å². The van der Waals surface area contributed by atoms with Gasteiger partial charge in [-0.2, -0.15) is 0 Å². The highest BCUT2D eigenvalue weighted by Crippen LogP contribution is 2.25. The van der Waals surface area contributed by atoms with E-state index in [0.29, 0.717) is 23.7 Å². The summed E-state index contributed by atoms with van der Waals surface area (Å²) >= 11 is 9.20. The van der Waals surface area contributed by atoms with Crippen LogP contribution in [0.5, 0.6) is 0 Å². The first-order valence-corrected chi connectivity index (χ1v) is 6.14. The number of aliphatic hydroxyl groups is 1. The second kappa shape index (κ2) is 4.73. The molecule has 0 unspecified atom stereocenters. The zero-order valence-electron chi connectivity index (χ0n) is 8.49. The fourth-order valence-electron chi connectivity index (χ4n) is 1.66. The SMILES string of the molecule is O=C(c1ccc(Br)c(Cl)c1)N1CC(CO)C1. The maximum Gasteiger partial charge on any atom is 0.253 e. The Labute approximate surface area is 107 Å². The fourth-order valence-corrected chi connectivity index (χ4v) is 2.09. The molecular formula is C11H11BrClNO2. The van der Waals surface area contributed by atoms with Gasteiger partial charge in [0.15, 0.2) is 0 Å². The van der Waals surface area contributed by atoms with Crippen LogP contribution in [0.4, 0.5) is 0 Å². The Morgan fingerprint density at radius 1 is 1.56 bits per heavy atom. The molecule has 1 aromatic carbocycles. The van der Waals surface area contributed by atoms with Crippen LogP contribution < -0.4 is 0 Å². The average molecular weight is 305 g/mol. The smallest absolute Gasteiger partial charge is 0.253 e. The monoisotopic (exact) mass is 303 g/mol. The van der Waals surface area contributed by atoms with Crippen molar-refractivity contribution in [3.05, 3.63) is 33.3 Å². The lowest BCUT2D eigenvalue weighted by Crippen LogP contribution is -2.51. The summed E-state index contributed by atoms with van der Waals surface area (Å²) in [7, 11) is 0. The molecule has 86 valence electrons. The molecule has 3 nitrogen and oxygen atoms in total. The molecule has 0 spiro atoms. The van der Waals surface area contributed by atoms with Crippen molar-refractivity contribution in [2.75, 3.05) is 19.7 Å². The van der Waals surface area contributed by atoms with Crippen molar-refractivity contribution >= 4 is 33.4 Å². The largest absolute Gasteiger partial charge is 0.396 e. The Bertz CT molecular complexity index is 418. The highest BCUT2D eigenvalue weighted by molar-refractivity contribution is 9.10. The predicted octanol–water partition coefficient (Wildman–Crippen LogP) is 2.17. The molecule has 1 aliphatic rings. The topological polar surface area (TPSA) is 40.5 Å². The second-order valence-electron chi connectivity index (χ2n) is 3.89. The summed E-state index contributed by atoms with van der Waals surface area (Å²) in [5.41, 5.74) is 0.588. The number of hydrogen-bond acceptors (Lipinski definition) is 2. The fraction of sp³-hybridized carbons (Fsp3) is 0.364. The van der Waals surface area contributed by atoms with Crippen LogP contribution in [0.15, 0.2) is 22.7 Å². The Hall–Kier alpha value is -0.580. The van der Waals surface area contributed by atoms with Crippen LogP contribution in [-0.4, -0.2) is 35.6 Å². The number of likely N-dealkylation sites (tertiary alicyclic amines) is 1. The molecule has 1 saturated heterocycles. The van der Waals surface area contributed by atoms with Gasteiger partial charge in [-0.25, -0.2) is 0 Å². The van der Waals surface area contributed by atoms with E-state index < -0.39 is 0 Å². The van der Waals surface area contributed by atoms with Crippen LogP contribution >= 0.6 is 27.5 Å². The van der Waals surface area contributed by atoms with Crippen LogP contribution in [0.3, 0.4) is 0 Å². The van der Waals surface area contributed by atoms with Crippen molar-refractivity contribution in [3.8, 4) is 0 Å². The van der Waals surface area contributed by atoms with Crippen molar-refractivity contribution in [1.29, 1.82) is 0 Å². The average Bonchev–Trinajstić information content (AvgIpc) is 2.20. The molecular weight excluding hydrogens is 293 g/mol. The number of hydrogen-bond donors (Lipinski definition) is 1.